The molecule has 0 aliphatic rings. The van der Waals surface area contributed by atoms with Crippen LogP contribution in [0.4, 0.5) is 0 Å². The Hall–Kier alpha value is -2.36. The summed E-state index contributed by atoms with van der Waals surface area (Å²) in [6, 6.07) is 0. The molecule has 192 valence electrons. The van der Waals surface area contributed by atoms with Crippen molar-refractivity contribution >= 4 is 23.9 Å². The lowest BCUT2D eigenvalue weighted by molar-refractivity contribution is -0.141. The van der Waals surface area contributed by atoms with Crippen LogP contribution in [0.2, 0.25) is 0 Å². The van der Waals surface area contributed by atoms with Gasteiger partial charge in [-0.05, 0) is 27.7 Å². The standard InChI is InChI=1S/4C4H8O2.6H2O/c4*1-3-6-4(2)5;;;;;;/h4*3H2,1-2H3;6*1H2. The average molecular weight is 461 g/mol. The molecule has 0 aliphatic heterocycles. The number of ether oxygens (including phenoxy) is 4. The predicted molar refractivity (Wildman–Crippen MR) is 111 cm³/mol. The van der Waals surface area contributed by atoms with Crippen LogP contribution in [0.5, 0.6) is 0 Å². The molecule has 14 nitrogen and oxygen atoms in total. The average Bonchev–Trinajstić information content (AvgIpc) is 2.39. The van der Waals surface area contributed by atoms with Gasteiger partial charge in [-0.3, -0.25) is 19.2 Å². The van der Waals surface area contributed by atoms with Gasteiger partial charge < -0.3 is 51.8 Å². The third kappa shape index (κ3) is 168. The van der Waals surface area contributed by atoms with E-state index in [4.69, 9.17) is 0 Å². The molecule has 0 aromatic carbocycles. The van der Waals surface area contributed by atoms with Crippen LogP contribution in [0.15, 0.2) is 0 Å². The van der Waals surface area contributed by atoms with E-state index in [1.54, 1.807) is 27.7 Å². The van der Waals surface area contributed by atoms with E-state index < -0.39 is 0 Å². The molecule has 14 heteroatoms. The Kier molecular flexibility index (Phi) is 118. The van der Waals surface area contributed by atoms with Gasteiger partial charge in [0.05, 0.1) is 26.4 Å². The fourth-order valence-electron chi connectivity index (χ4n) is 0.813. The highest BCUT2D eigenvalue weighted by atomic mass is 16.5. The normalized spacial score (nSPS) is 6.13. The maximum atomic E-state index is 9.82. The van der Waals surface area contributed by atoms with Crippen LogP contribution in [0.25, 0.3) is 0 Å². The van der Waals surface area contributed by atoms with Gasteiger partial charge in [0.15, 0.2) is 0 Å². The molecule has 0 heterocycles. The van der Waals surface area contributed by atoms with Gasteiger partial charge in [0, 0.05) is 27.7 Å². The molecular formula is C16H44O14. The largest absolute Gasteiger partial charge is 0.466 e. The summed E-state index contributed by atoms with van der Waals surface area (Å²) in [5, 5.41) is 0. The quantitative estimate of drug-likeness (QED) is 0.313. The van der Waals surface area contributed by atoms with Crippen LogP contribution in [0.1, 0.15) is 55.4 Å². The molecule has 0 amide bonds. The Morgan fingerprint density at radius 1 is 0.400 bits per heavy atom. The van der Waals surface area contributed by atoms with Gasteiger partial charge in [-0.25, -0.2) is 0 Å². The van der Waals surface area contributed by atoms with Crippen LogP contribution >= 0.6 is 0 Å². The zero-order valence-corrected chi connectivity index (χ0v) is 19.1. The van der Waals surface area contributed by atoms with Crippen molar-refractivity contribution in [3.63, 3.8) is 0 Å². The minimum atomic E-state index is -0.211. The van der Waals surface area contributed by atoms with Gasteiger partial charge >= 0.3 is 23.9 Å². The van der Waals surface area contributed by atoms with Crippen molar-refractivity contribution in [3.8, 4) is 0 Å². The molecular weight excluding hydrogens is 416 g/mol. The van der Waals surface area contributed by atoms with Gasteiger partial charge in [-0.1, -0.05) is 0 Å². The van der Waals surface area contributed by atoms with E-state index in [1.807, 2.05) is 0 Å². The summed E-state index contributed by atoms with van der Waals surface area (Å²) in [6.45, 7) is 14.6. The molecule has 0 unspecified atom stereocenters. The molecule has 0 aromatic rings. The van der Waals surface area contributed by atoms with E-state index in [-0.39, 0.29) is 56.7 Å². The Labute approximate surface area is 177 Å². The first-order valence-corrected chi connectivity index (χ1v) is 7.62. The summed E-state index contributed by atoms with van der Waals surface area (Å²) in [4.78, 5) is 39.3. The summed E-state index contributed by atoms with van der Waals surface area (Å²) in [7, 11) is 0. The van der Waals surface area contributed by atoms with Crippen LogP contribution in [0.3, 0.4) is 0 Å². The van der Waals surface area contributed by atoms with Crippen LogP contribution < -0.4 is 0 Å². The van der Waals surface area contributed by atoms with Crippen molar-refractivity contribution in [3.05, 3.63) is 0 Å². The molecule has 0 bridgehead atoms. The highest BCUT2D eigenvalue weighted by Crippen LogP contribution is 1.71. The fraction of sp³-hybridized carbons (Fsp3) is 0.750. The monoisotopic (exact) mass is 460 g/mol. The van der Waals surface area contributed by atoms with E-state index in [0.717, 1.165) is 0 Å². The number of hydrogen-bond donors (Lipinski definition) is 0. The lowest BCUT2D eigenvalue weighted by Gasteiger charge is -1.89. The molecule has 0 saturated heterocycles. The lowest BCUT2D eigenvalue weighted by atomic mass is 10.8. The first kappa shape index (κ1) is 63.0. The number of carbonyl (C=O) groups excluding carboxylic acids is 4. The summed E-state index contributed by atoms with van der Waals surface area (Å²) in [5.74, 6) is -0.843. The number of esters is 4. The van der Waals surface area contributed by atoms with Crippen molar-refractivity contribution in [2.45, 2.75) is 55.4 Å². The van der Waals surface area contributed by atoms with Crippen molar-refractivity contribution in [1.82, 2.24) is 0 Å². The Morgan fingerprint density at radius 3 is 0.500 bits per heavy atom. The lowest BCUT2D eigenvalue weighted by Crippen LogP contribution is -1.95. The number of hydrogen-bond acceptors (Lipinski definition) is 8. The van der Waals surface area contributed by atoms with Crippen molar-refractivity contribution in [1.29, 1.82) is 0 Å². The van der Waals surface area contributed by atoms with Crippen LogP contribution in [-0.2, 0) is 38.1 Å². The first-order chi connectivity index (χ1) is 11.1. The molecule has 0 rings (SSSR count). The minimum absolute atomic E-state index is 0. The zero-order chi connectivity index (χ0) is 20.0. The van der Waals surface area contributed by atoms with E-state index in [9.17, 15) is 19.2 Å². The number of rotatable bonds is 4. The van der Waals surface area contributed by atoms with Crippen molar-refractivity contribution in [2.24, 2.45) is 0 Å². The minimum Gasteiger partial charge on any atom is -0.466 e. The summed E-state index contributed by atoms with van der Waals surface area (Å²) in [6.07, 6.45) is 0. The van der Waals surface area contributed by atoms with E-state index in [0.29, 0.717) is 26.4 Å². The second kappa shape index (κ2) is 56.3. The van der Waals surface area contributed by atoms with E-state index in [2.05, 4.69) is 18.9 Å². The summed E-state index contributed by atoms with van der Waals surface area (Å²) >= 11 is 0. The topological polar surface area (TPSA) is 294 Å². The third-order valence-electron chi connectivity index (χ3n) is 1.39. The maximum absolute atomic E-state index is 9.82. The first-order valence-electron chi connectivity index (χ1n) is 7.62. The summed E-state index contributed by atoms with van der Waals surface area (Å²) < 4.78 is 17.6. The van der Waals surface area contributed by atoms with Gasteiger partial charge in [0.1, 0.15) is 0 Å². The van der Waals surface area contributed by atoms with Crippen LogP contribution in [-0.4, -0.2) is 83.2 Å². The molecule has 0 fully saturated rings. The van der Waals surface area contributed by atoms with E-state index >= 15 is 0 Å². The van der Waals surface area contributed by atoms with Crippen molar-refractivity contribution < 1.29 is 71.0 Å². The number of carbonyl (C=O) groups is 4. The van der Waals surface area contributed by atoms with E-state index in [1.165, 1.54) is 27.7 Å². The molecule has 0 saturated carbocycles. The molecule has 30 heavy (non-hydrogen) atoms. The molecule has 0 aliphatic carbocycles. The van der Waals surface area contributed by atoms with Crippen LogP contribution in [0, 0.1) is 0 Å². The van der Waals surface area contributed by atoms with Gasteiger partial charge in [-0.2, -0.15) is 0 Å². The van der Waals surface area contributed by atoms with Gasteiger partial charge in [-0.15, -0.1) is 0 Å². The Balaban J connectivity index is -0.0000000208. The maximum Gasteiger partial charge on any atom is 0.302 e. The highest BCUT2D eigenvalue weighted by Gasteiger charge is 1.83. The highest BCUT2D eigenvalue weighted by molar-refractivity contribution is 5.66. The third-order valence-corrected chi connectivity index (χ3v) is 1.39. The second-order valence-electron chi connectivity index (χ2n) is 3.70. The van der Waals surface area contributed by atoms with Gasteiger partial charge in [0.25, 0.3) is 0 Å². The summed E-state index contributed by atoms with van der Waals surface area (Å²) in [5.41, 5.74) is 0. The molecule has 0 radical (unpaired) electrons. The van der Waals surface area contributed by atoms with Gasteiger partial charge in [0.2, 0.25) is 0 Å². The second-order valence-corrected chi connectivity index (χ2v) is 3.70. The Bertz CT molecular complexity index is 270. The molecule has 0 aromatic heterocycles. The molecule has 12 N–H and O–H groups in total. The Morgan fingerprint density at radius 2 is 0.500 bits per heavy atom. The molecule has 0 spiro atoms. The zero-order valence-electron chi connectivity index (χ0n) is 19.1. The molecule has 0 atom stereocenters. The fourth-order valence-corrected chi connectivity index (χ4v) is 0.813. The van der Waals surface area contributed by atoms with Crippen molar-refractivity contribution in [2.75, 3.05) is 26.4 Å². The smallest absolute Gasteiger partial charge is 0.302 e. The SMILES string of the molecule is CCOC(C)=O.CCOC(C)=O.CCOC(C)=O.CCOC(C)=O.O.O.O.O.O.O. The predicted octanol–water partition coefficient (Wildman–Crippen LogP) is -2.67.